The van der Waals surface area contributed by atoms with E-state index in [1.54, 1.807) is 6.92 Å². The summed E-state index contributed by atoms with van der Waals surface area (Å²) < 4.78 is 57.3. The Bertz CT molecular complexity index is 1150. The van der Waals surface area contributed by atoms with E-state index in [0.717, 1.165) is 40.2 Å². The molecule has 2 unspecified atom stereocenters. The summed E-state index contributed by atoms with van der Waals surface area (Å²) in [5.41, 5.74) is 3.53. The molecule has 2 aromatic carbocycles. The van der Waals surface area contributed by atoms with Gasteiger partial charge in [-0.3, -0.25) is 13.7 Å². The highest BCUT2D eigenvalue weighted by molar-refractivity contribution is 7.84. The maximum atomic E-state index is 12.7. The zero-order valence-corrected chi connectivity index (χ0v) is 19.6. The average Bonchev–Trinajstić information content (AvgIpc) is 3.06. The summed E-state index contributed by atoms with van der Waals surface area (Å²) >= 11 is 0. The number of carbonyl (C=O) groups excluding carboxylic acids is 1. The number of hydrogen-bond acceptors (Lipinski definition) is 4. The fourth-order valence-electron chi connectivity index (χ4n) is 3.73. The van der Waals surface area contributed by atoms with E-state index in [1.807, 2.05) is 42.8 Å². The van der Waals surface area contributed by atoms with Crippen LogP contribution in [-0.4, -0.2) is 27.1 Å². The summed E-state index contributed by atoms with van der Waals surface area (Å²) in [4.78, 5) is 12.3. The Morgan fingerprint density at radius 3 is 2.18 bits per heavy atom. The Morgan fingerprint density at radius 1 is 1.06 bits per heavy atom. The molecular weight excluding hydrogens is 453 g/mol. The van der Waals surface area contributed by atoms with E-state index in [1.165, 1.54) is 19.2 Å². The summed E-state index contributed by atoms with van der Waals surface area (Å²) in [5.74, 6) is -0.524. The van der Waals surface area contributed by atoms with Crippen molar-refractivity contribution in [1.82, 2.24) is 9.78 Å². The van der Waals surface area contributed by atoms with E-state index in [4.69, 9.17) is 4.74 Å². The third kappa shape index (κ3) is 5.71. The van der Waals surface area contributed by atoms with Gasteiger partial charge in [0.2, 0.25) is 0 Å². The van der Waals surface area contributed by atoms with Crippen LogP contribution in [0.4, 0.5) is 13.2 Å². The molecule has 0 aliphatic carbocycles. The third-order valence-corrected chi connectivity index (χ3v) is 6.92. The molecule has 0 radical (unpaired) electrons. The molecule has 0 saturated heterocycles. The van der Waals surface area contributed by atoms with Gasteiger partial charge < -0.3 is 4.74 Å². The van der Waals surface area contributed by atoms with Gasteiger partial charge in [-0.15, -0.1) is 0 Å². The van der Waals surface area contributed by atoms with E-state index in [-0.39, 0.29) is 11.7 Å². The highest BCUT2D eigenvalue weighted by atomic mass is 32.2. The number of methoxy groups -OCH3 is 1. The summed E-state index contributed by atoms with van der Waals surface area (Å²) in [6.45, 7) is 6.07. The SMILES string of the molecule is COC(=O)C(C)c1c(C)nn(Cc2ccc(CS(=O)c3ccc(C(F)(F)F)cc3)cc2)c1C. The summed E-state index contributed by atoms with van der Waals surface area (Å²) in [6, 6.07) is 11.9. The molecular formula is C24H25F3N2O3S. The number of hydrogen-bond donors (Lipinski definition) is 0. The maximum absolute atomic E-state index is 12.7. The molecule has 0 N–H and O–H groups in total. The van der Waals surface area contributed by atoms with Gasteiger partial charge in [-0.05, 0) is 56.2 Å². The van der Waals surface area contributed by atoms with Gasteiger partial charge in [-0.25, -0.2) is 0 Å². The predicted octanol–water partition coefficient (Wildman–Crippen LogP) is 5.15. The smallest absolute Gasteiger partial charge is 0.416 e. The molecule has 0 fully saturated rings. The first-order chi connectivity index (χ1) is 15.5. The van der Waals surface area contributed by atoms with E-state index >= 15 is 0 Å². The number of rotatable bonds is 7. The number of alkyl halides is 3. The number of benzene rings is 2. The van der Waals surface area contributed by atoms with Crippen LogP contribution in [0.2, 0.25) is 0 Å². The van der Waals surface area contributed by atoms with E-state index in [2.05, 4.69) is 5.10 Å². The highest BCUT2D eigenvalue weighted by Crippen LogP contribution is 2.30. The monoisotopic (exact) mass is 478 g/mol. The highest BCUT2D eigenvalue weighted by Gasteiger charge is 2.30. The maximum Gasteiger partial charge on any atom is 0.416 e. The first-order valence-electron chi connectivity index (χ1n) is 10.3. The fourth-order valence-corrected chi connectivity index (χ4v) is 4.83. The number of aromatic nitrogens is 2. The Kier molecular flexibility index (Phi) is 7.41. The van der Waals surface area contributed by atoms with Gasteiger partial charge in [0.15, 0.2) is 0 Å². The molecule has 0 aliphatic rings. The largest absolute Gasteiger partial charge is 0.469 e. The first kappa shape index (κ1) is 24.7. The van der Waals surface area contributed by atoms with Crippen molar-refractivity contribution in [1.29, 1.82) is 0 Å². The summed E-state index contributed by atoms with van der Waals surface area (Å²) in [7, 11) is -0.0957. The number of halogens is 3. The summed E-state index contributed by atoms with van der Waals surface area (Å²) in [5, 5.41) is 4.56. The van der Waals surface area contributed by atoms with Crippen LogP contribution in [0.1, 0.15) is 46.5 Å². The van der Waals surface area contributed by atoms with Crippen molar-refractivity contribution < 1.29 is 26.9 Å². The minimum atomic E-state index is -4.42. The van der Waals surface area contributed by atoms with Gasteiger partial charge in [0.1, 0.15) is 0 Å². The molecule has 0 aliphatic heterocycles. The molecule has 0 spiro atoms. The second-order valence-electron chi connectivity index (χ2n) is 7.82. The number of aryl methyl sites for hydroxylation is 1. The molecule has 2 atom stereocenters. The molecule has 33 heavy (non-hydrogen) atoms. The average molecular weight is 479 g/mol. The zero-order valence-electron chi connectivity index (χ0n) is 18.8. The van der Waals surface area contributed by atoms with Crippen molar-refractivity contribution in [2.45, 2.75) is 50.1 Å². The third-order valence-electron chi connectivity index (χ3n) is 5.52. The van der Waals surface area contributed by atoms with Gasteiger partial charge in [0, 0.05) is 16.2 Å². The van der Waals surface area contributed by atoms with Crippen LogP contribution in [0, 0.1) is 13.8 Å². The Morgan fingerprint density at radius 2 is 1.64 bits per heavy atom. The molecule has 0 bridgehead atoms. The lowest BCUT2D eigenvalue weighted by atomic mass is 9.99. The number of ether oxygens (including phenoxy) is 1. The van der Waals surface area contributed by atoms with Gasteiger partial charge in [0.05, 0.1) is 47.4 Å². The van der Waals surface area contributed by atoms with Crippen LogP contribution in [-0.2, 0) is 38.8 Å². The number of esters is 1. The topological polar surface area (TPSA) is 61.2 Å². The molecule has 0 saturated carbocycles. The van der Waals surface area contributed by atoms with Gasteiger partial charge in [-0.2, -0.15) is 18.3 Å². The van der Waals surface area contributed by atoms with Crippen molar-refractivity contribution in [3.05, 3.63) is 82.2 Å². The van der Waals surface area contributed by atoms with E-state index < -0.39 is 28.5 Å². The van der Waals surface area contributed by atoms with Crippen molar-refractivity contribution in [2.24, 2.45) is 0 Å². The number of nitrogens with zero attached hydrogens (tertiary/aromatic N) is 2. The lowest BCUT2D eigenvalue weighted by molar-refractivity contribution is -0.142. The minimum Gasteiger partial charge on any atom is -0.469 e. The van der Waals surface area contributed by atoms with E-state index in [9.17, 15) is 22.2 Å². The van der Waals surface area contributed by atoms with Crippen LogP contribution in [0.25, 0.3) is 0 Å². The molecule has 1 aromatic heterocycles. The summed E-state index contributed by atoms with van der Waals surface area (Å²) in [6.07, 6.45) is -4.42. The fraction of sp³-hybridized carbons (Fsp3) is 0.333. The van der Waals surface area contributed by atoms with Crippen LogP contribution in [0.15, 0.2) is 53.4 Å². The molecule has 5 nitrogen and oxygen atoms in total. The molecule has 176 valence electrons. The molecule has 3 rings (SSSR count). The quantitative estimate of drug-likeness (QED) is 0.441. The normalized spacial score (nSPS) is 13.5. The molecule has 9 heteroatoms. The predicted molar refractivity (Wildman–Crippen MR) is 119 cm³/mol. The molecule has 3 aromatic rings. The van der Waals surface area contributed by atoms with Gasteiger partial charge >= 0.3 is 12.1 Å². The lowest BCUT2D eigenvalue weighted by Crippen LogP contribution is -2.13. The minimum absolute atomic E-state index is 0.201. The first-order valence-corrected chi connectivity index (χ1v) is 11.6. The van der Waals surface area contributed by atoms with Crippen LogP contribution < -0.4 is 0 Å². The molecule has 0 amide bonds. The zero-order chi connectivity index (χ0) is 24.3. The molecule has 1 heterocycles. The van der Waals surface area contributed by atoms with Crippen molar-refractivity contribution >= 4 is 16.8 Å². The van der Waals surface area contributed by atoms with Crippen LogP contribution >= 0.6 is 0 Å². The lowest BCUT2D eigenvalue weighted by Gasteiger charge is -2.11. The van der Waals surface area contributed by atoms with Crippen LogP contribution in [0.5, 0.6) is 0 Å². The number of carbonyl (C=O) groups is 1. The standard InChI is InChI=1S/C24H25F3N2O3S/c1-15(23(30)32-4)22-16(2)28-29(17(22)3)13-18-5-7-19(8-6-18)14-33(31)21-11-9-20(10-12-21)24(25,26)27/h5-12,15H,13-14H2,1-4H3. The Balaban J connectivity index is 1.69. The van der Waals surface area contributed by atoms with E-state index in [0.29, 0.717) is 11.4 Å². The van der Waals surface area contributed by atoms with Gasteiger partial charge in [-0.1, -0.05) is 24.3 Å². The van der Waals surface area contributed by atoms with Crippen molar-refractivity contribution in [3.8, 4) is 0 Å². The van der Waals surface area contributed by atoms with Crippen molar-refractivity contribution in [2.75, 3.05) is 7.11 Å². The Labute approximate surface area is 193 Å². The van der Waals surface area contributed by atoms with Gasteiger partial charge in [0.25, 0.3) is 0 Å². The second-order valence-corrected chi connectivity index (χ2v) is 9.27. The van der Waals surface area contributed by atoms with Crippen molar-refractivity contribution in [3.63, 3.8) is 0 Å². The second kappa shape index (κ2) is 9.91. The van der Waals surface area contributed by atoms with Crippen LogP contribution in [0.3, 0.4) is 0 Å². The Hall–Kier alpha value is -2.94.